The Morgan fingerprint density at radius 3 is 2.59 bits per heavy atom. The van der Waals surface area contributed by atoms with Crippen molar-refractivity contribution in [1.82, 2.24) is 5.32 Å². The molecule has 0 spiro atoms. The highest BCUT2D eigenvalue weighted by Gasteiger charge is 2.18. The molecule has 0 unspecified atom stereocenters. The normalized spacial score (nSPS) is 12.1. The van der Waals surface area contributed by atoms with Crippen molar-refractivity contribution < 1.29 is 33.3 Å². The minimum atomic E-state index is -0.664. The van der Waals surface area contributed by atoms with Gasteiger partial charge >= 0.3 is 5.97 Å². The fourth-order valence-corrected chi connectivity index (χ4v) is 2.90. The number of para-hydroxylation sites is 1. The van der Waals surface area contributed by atoms with E-state index in [0.29, 0.717) is 37.7 Å². The number of hydrogen-bond donors (Lipinski definition) is 1. The first-order valence-corrected chi connectivity index (χ1v) is 9.15. The number of nitrogens with one attached hydrogen (secondary N) is 1. The van der Waals surface area contributed by atoms with Gasteiger partial charge in [0.2, 0.25) is 0 Å². The molecule has 1 heterocycles. The molecule has 0 saturated carbocycles. The predicted molar refractivity (Wildman–Crippen MR) is 104 cm³/mol. The maximum Gasteiger partial charge on any atom is 0.342 e. The Balaban J connectivity index is 1.46. The minimum Gasteiger partial charge on any atom is -0.493 e. The van der Waals surface area contributed by atoms with Crippen molar-refractivity contribution in [3.8, 4) is 23.0 Å². The molecular formula is C21H23NO7. The molecule has 0 aromatic heterocycles. The molecule has 8 heteroatoms. The van der Waals surface area contributed by atoms with Gasteiger partial charge in [0, 0.05) is 6.54 Å². The molecule has 2 aromatic carbocycles. The summed E-state index contributed by atoms with van der Waals surface area (Å²) in [5, 5.41) is 2.73. The number of carbonyl (C=O) groups excluding carboxylic acids is 2. The van der Waals surface area contributed by atoms with Gasteiger partial charge in [-0.15, -0.1) is 0 Å². The summed E-state index contributed by atoms with van der Waals surface area (Å²) in [6.07, 6.45) is 0.611. The van der Waals surface area contributed by atoms with E-state index in [4.69, 9.17) is 23.7 Å². The lowest BCUT2D eigenvalue weighted by molar-refractivity contribution is -0.124. The van der Waals surface area contributed by atoms with E-state index in [1.807, 2.05) is 18.2 Å². The standard InChI is InChI=1S/C21H23NO7/c1-25-17-5-3-4-15(20(17)26-2)21(24)29-13-19(23)22-9-8-14-6-7-16-18(12-14)28-11-10-27-16/h3-7,12H,8-11,13H2,1-2H3,(H,22,23). The Bertz CT molecular complexity index is 881. The molecule has 3 rings (SSSR count). The zero-order chi connectivity index (χ0) is 20.6. The van der Waals surface area contributed by atoms with E-state index in [1.54, 1.807) is 18.2 Å². The Morgan fingerprint density at radius 1 is 1.03 bits per heavy atom. The second kappa shape index (κ2) is 9.68. The third-order valence-corrected chi connectivity index (χ3v) is 4.30. The lowest BCUT2D eigenvalue weighted by atomic mass is 10.1. The second-order valence-electron chi connectivity index (χ2n) is 6.20. The first-order valence-electron chi connectivity index (χ1n) is 9.15. The van der Waals surface area contributed by atoms with Gasteiger partial charge in [-0.2, -0.15) is 0 Å². The third-order valence-electron chi connectivity index (χ3n) is 4.30. The van der Waals surface area contributed by atoms with Gasteiger partial charge in [-0.1, -0.05) is 12.1 Å². The van der Waals surface area contributed by atoms with E-state index in [1.165, 1.54) is 14.2 Å². The van der Waals surface area contributed by atoms with Crippen LogP contribution in [0.5, 0.6) is 23.0 Å². The molecule has 2 aromatic rings. The number of hydrogen-bond acceptors (Lipinski definition) is 7. The van der Waals surface area contributed by atoms with E-state index in [0.717, 1.165) is 11.3 Å². The maximum absolute atomic E-state index is 12.3. The van der Waals surface area contributed by atoms with Crippen molar-refractivity contribution in [3.05, 3.63) is 47.5 Å². The van der Waals surface area contributed by atoms with Crippen LogP contribution in [0, 0.1) is 0 Å². The molecule has 8 nitrogen and oxygen atoms in total. The van der Waals surface area contributed by atoms with Crippen molar-refractivity contribution in [2.75, 3.05) is 40.6 Å². The summed E-state index contributed by atoms with van der Waals surface area (Å²) in [5.41, 5.74) is 1.20. The van der Waals surface area contributed by atoms with Crippen LogP contribution in [0.2, 0.25) is 0 Å². The number of rotatable bonds is 8. The van der Waals surface area contributed by atoms with E-state index in [-0.39, 0.29) is 17.9 Å². The molecular weight excluding hydrogens is 378 g/mol. The SMILES string of the molecule is COc1cccc(C(=O)OCC(=O)NCCc2ccc3c(c2)OCCO3)c1OC. The number of esters is 1. The van der Waals surface area contributed by atoms with Gasteiger partial charge in [0.1, 0.15) is 18.8 Å². The smallest absolute Gasteiger partial charge is 0.342 e. The Kier molecular flexibility index (Phi) is 6.78. The molecule has 0 radical (unpaired) electrons. The highest BCUT2D eigenvalue weighted by Crippen LogP contribution is 2.31. The molecule has 154 valence electrons. The van der Waals surface area contributed by atoms with Crippen molar-refractivity contribution in [2.24, 2.45) is 0 Å². The first kappa shape index (κ1) is 20.3. The van der Waals surface area contributed by atoms with Crippen molar-refractivity contribution in [3.63, 3.8) is 0 Å². The van der Waals surface area contributed by atoms with Crippen LogP contribution in [-0.4, -0.2) is 52.5 Å². The van der Waals surface area contributed by atoms with Gasteiger partial charge in [-0.3, -0.25) is 4.79 Å². The average molecular weight is 401 g/mol. The number of methoxy groups -OCH3 is 2. The van der Waals surface area contributed by atoms with Crippen LogP contribution in [0.25, 0.3) is 0 Å². The van der Waals surface area contributed by atoms with Gasteiger partial charge in [0.15, 0.2) is 29.6 Å². The Hall–Kier alpha value is -3.42. The fourth-order valence-electron chi connectivity index (χ4n) is 2.90. The average Bonchev–Trinajstić information content (AvgIpc) is 2.76. The van der Waals surface area contributed by atoms with Crippen LogP contribution in [0.3, 0.4) is 0 Å². The van der Waals surface area contributed by atoms with Crippen LogP contribution >= 0.6 is 0 Å². The summed E-state index contributed by atoms with van der Waals surface area (Å²) in [6.45, 7) is 1.08. The van der Waals surface area contributed by atoms with Crippen LogP contribution in [-0.2, 0) is 16.0 Å². The zero-order valence-corrected chi connectivity index (χ0v) is 16.4. The molecule has 0 aliphatic carbocycles. The molecule has 0 bridgehead atoms. The topological polar surface area (TPSA) is 92.3 Å². The molecule has 1 aliphatic heterocycles. The summed E-state index contributed by atoms with van der Waals surface area (Å²) in [4.78, 5) is 24.3. The van der Waals surface area contributed by atoms with Crippen LogP contribution in [0.1, 0.15) is 15.9 Å². The summed E-state index contributed by atoms with van der Waals surface area (Å²) in [7, 11) is 2.90. The molecule has 1 aliphatic rings. The zero-order valence-electron chi connectivity index (χ0n) is 16.4. The molecule has 1 N–H and O–H groups in total. The van der Waals surface area contributed by atoms with E-state index in [9.17, 15) is 9.59 Å². The monoisotopic (exact) mass is 401 g/mol. The largest absolute Gasteiger partial charge is 0.493 e. The van der Waals surface area contributed by atoms with E-state index < -0.39 is 11.9 Å². The molecule has 0 fully saturated rings. The van der Waals surface area contributed by atoms with Gasteiger partial charge in [-0.25, -0.2) is 4.79 Å². The van der Waals surface area contributed by atoms with Gasteiger partial charge in [-0.05, 0) is 36.2 Å². The molecule has 0 saturated heterocycles. The summed E-state index contributed by atoms with van der Waals surface area (Å²) in [5.74, 6) is 1.05. The number of amides is 1. The maximum atomic E-state index is 12.3. The molecule has 29 heavy (non-hydrogen) atoms. The van der Waals surface area contributed by atoms with Crippen LogP contribution < -0.4 is 24.3 Å². The van der Waals surface area contributed by atoms with Crippen molar-refractivity contribution in [1.29, 1.82) is 0 Å². The summed E-state index contributed by atoms with van der Waals surface area (Å²) < 4.78 is 26.5. The first-order chi connectivity index (χ1) is 14.1. The highest BCUT2D eigenvalue weighted by atomic mass is 16.6. The van der Waals surface area contributed by atoms with Crippen molar-refractivity contribution >= 4 is 11.9 Å². The number of carbonyl (C=O) groups is 2. The van der Waals surface area contributed by atoms with Gasteiger partial charge < -0.3 is 29.0 Å². The molecule has 1 amide bonds. The fraction of sp³-hybridized carbons (Fsp3) is 0.333. The lowest BCUT2D eigenvalue weighted by Gasteiger charge is -2.18. The van der Waals surface area contributed by atoms with E-state index in [2.05, 4.69) is 5.32 Å². The van der Waals surface area contributed by atoms with Crippen LogP contribution in [0.4, 0.5) is 0 Å². The lowest BCUT2D eigenvalue weighted by Crippen LogP contribution is -2.30. The number of ether oxygens (including phenoxy) is 5. The second-order valence-corrected chi connectivity index (χ2v) is 6.20. The van der Waals surface area contributed by atoms with Crippen molar-refractivity contribution in [2.45, 2.75) is 6.42 Å². The highest BCUT2D eigenvalue weighted by molar-refractivity contribution is 5.94. The quantitative estimate of drug-likeness (QED) is 0.676. The molecule has 0 atom stereocenters. The predicted octanol–water partition coefficient (Wildman–Crippen LogP) is 1.99. The summed E-state index contributed by atoms with van der Waals surface area (Å²) >= 11 is 0. The van der Waals surface area contributed by atoms with Gasteiger partial charge in [0.05, 0.1) is 14.2 Å². The number of fused-ring (bicyclic) bond motifs is 1. The Labute approximate surface area is 168 Å². The third kappa shape index (κ3) is 5.10. The minimum absolute atomic E-state index is 0.191. The number of benzene rings is 2. The Morgan fingerprint density at radius 2 is 1.83 bits per heavy atom. The van der Waals surface area contributed by atoms with Crippen LogP contribution in [0.15, 0.2) is 36.4 Å². The van der Waals surface area contributed by atoms with E-state index >= 15 is 0 Å². The summed E-state index contributed by atoms with van der Waals surface area (Å²) in [6, 6.07) is 10.5. The van der Waals surface area contributed by atoms with Gasteiger partial charge in [0.25, 0.3) is 5.91 Å².